The summed E-state index contributed by atoms with van der Waals surface area (Å²) in [5, 5.41) is 15.9. The minimum atomic E-state index is -0.178. The molecule has 310 valence electrons. The van der Waals surface area contributed by atoms with E-state index < -0.39 is 0 Å². The summed E-state index contributed by atoms with van der Waals surface area (Å²) >= 11 is 3.78. The lowest BCUT2D eigenvalue weighted by atomic mass is 9.77. The van der Waals surface area contributed by atoms with Crippen LogP contribution in [0.3, 0.4) is 0 Å². The monoisotopic (exact) mass is 874 g/mol. The maximum atomic E-state index is 2.54. The standard InChI is InChI=1S/C64H42S2/c1-63(2)53-17-9-5-13-39(53)45-25-23-43-47-31-38-34-50(36-22-28-58-52(30-36)42-16-8-12-20-56(42)66-58)60-44(24-26-46-40-14-6-10-18-54(40)64(3,4)62(46)60)48(38)32-37(47)33-49(59(43)61(45)63)35-21-27-57-51(29-35)41-15-7-11-19-55(41)65-57/h5-34H,1-4H3. The van der Waals surface area contributed by atoms with Crippen molar-refractivity contribution < 1.29 is 0 Å². The molecular formula is C64H42S2. The molecule has 11 aromatic carbocycles. The van der Waals surface area contributed by atoms with Crippen LogP contribution in [0.2, 0.25) is 0 Å². The quantitative estimate of drug-likeness (QED) is 0.120. The van der Waals surface area contributed by atoms with E-state index in [0.29, 0.717) is 0 Å². The maximum Gasteiger partial charge on any atom is 0.0355 e. The third-order valence-corrected chi connectivity index (χ3v) is 18.1. The van der Waals surface area contributed by atoms with Gasteiger partial charge in [-0.2, -0.15) is 0 Å². The van der Waals surface area contributed by atoms with Gasteiger partial charge in [-0.25, -0.2) is 0 Å². The van der Waals surface area contributed by atoms with Gasteiger partial charge in [0.05, 0.1) is 0 Å². The van der Waals surface area contributed by atoms with Crippen LogP contribution in [0.5, 0.6) is 0 Å². The summed E-state index contributed by atoms with van der Waals surface area (Å²) in [6.45, 7) is 9.74. The van der Waals surface area contributed by atoms with Crippen LogP contribution in [0.1, 0.15) is 49.9 Å². The van der Waals surface area contributed by atoms with Gasteiger partial charge in [-0.15, -0.1) is 22.7 Å². The van der Waals surface area contributed by atoms with Gasteiger partial charge in [0.25, 0.3) is 0 Å². The molecule has 0 N–H and O–H groups in total. The van der Waals surface area contributed by atoms with Crippen molar-refractivity contribution in [1.82, 2.24) is 0 Å². The number of thiophene rings is 2. The number of rotatable bonds is 2. The van der Waals surface area contributed by atoms with Gasteiger partial charge in [0.15, 0.2) is 0 Å². The molecule has 2 aromatic heterocycles. The fourth-order valence-electron chi connectivity index (χ4n) is 12.8. The second-order valence-corrected chi connectivity index (χ2v) is 22.1. The van der Waals surface area contributed by atoms with Crippen molar-refractivity contribution in [2.45, 2.75) is 38.5 Å². The van der Waals surface area contributed by atoms with E-state index in [1.807, 2.05) is 22.7 Å². The van der Waals surface area contributed by atoms with Crippen molar-refractivity contribution in [3.63, 3.8) is 0 Å². The minimum Gasteiger partial charge on any atom is -0.135 e. The fraction of sp³-hybridized carbons (Fsp3) is 0.0938. The van der Waals surface area contributed by atoms with Crippen molar-refractivity contribution in [3.05, 3.63) is 204 Å². The molecule has 0 fully saturated rings. The summed E-state index contributed by atoms with van der Waals surface area (Å²) in [6.07, 6.45) is 0. The molecule has 2 aliphatic rings. The second kappa shape index (κ2) is 12.8. The molecule has 0 amide bonds. The van der Waals surface area contributed by atoms with E-state index in [4.69, 9.17) is 0 Å². The van der Waals surface area contributed by atoms with Crippen molar-refractivity contribution in [2.75, 3.05) is 0 Å². The highest BCUT2D eigenvalue weighted by Gasteiger charge is 2.39. The number of fused-ring (bicyclic) bond motifs is 20. The zero-order valence-corrected chi connectivity index (χ0v) is 38.8. The summed E-state index contributed by atoms with van der Waals surface area (Å²) in [6, 6.07) is 70.2. The lowest BCUT2D eigenvalue weighted by Crippen LogP contribution is -2.16. The fourth-order valence-corrected chi connectivity index (χ4v) is 15.0. The van der Waals surface area contributed by atoms with Gasteiger partial charge in [0.2, 0.25) is 0 Å². The average molecular weight is 875 g/mol. The van der Waals surface area contributed by atoms with Crippen LogP contribution in [-0.2, 0) is 10.8 Å². The van der Waals surface area contributed by atoms with E-state index in [2.05, 4.69) is 210 Å². The Morgan fingerprint density at radius 2 is 0.697 bits per heavy atom. The van der Waals surface area contributed by atoms with E-state index in [1.165, 1.54) is 150 Å². The van der Waals surface area contributed by atoms with Crippen LogP contribution >= 0.6 is 22.7 Å². The molecule has 0 unspecified atom stereocenters. The van der Waals surface area contributed by atoms with Crippen molar-refractivity contribution >= 4 is 106 Å². The Balaban J connectivity index is 1.08. The molecule has 2 heterocycles. The van der Waals surface area contributed by atoms with Crippen LogP contribution < -0.4 is 0 Å². The Bertz CT molecular complexity index is 4060. The van der Waals surface area contributed by atoms with Crippen molar-refractivity contribution in [2.24, 2.45) is 0 Å². The first kappa shape index (κ1) is 37.2. The first-order valence-corrected chi connectivity index (χ1v) is 24.9. The third kappa shape index (κ3) is 4.78. The molecule has 0 atom stereocenters. The molecule has 2 aliphatic carbocycles. The molecule has 0 saturated heterocycles. The van der Waals surface area contributed by atoms with Gasteiger partial charge in [-0.3, -0.25) is 0 Å². The first-order chi connectivity index (χ1) is 32.2. The Morgan fingerprint density at radius 3 is 1.17 bits per heavy atom. The predicted octanol–water partition coefficient (Wildman–Crippen LogP) is 19.0. The lowest BCUT2D eigenvalue weighted by Gasteiger charge is -2.26. The summed E-state index contributed by atoms with van der Waals surface area (Å²) in [5.41, 5.74) is 15.9. The molecule has 66 heavy (non-hydrogen) atoms. The Hall–Kier alpha value is -7.10. The van der Waals surface area contributed by atoms with E-state index in [9.17, 15) is 0 Å². The highest BCUT2D eigenvalue weighted by molar-refractivity contribution is 7.26. The summed E-state index contributed by atoms with van der Waals surface area (Å²) in [4.78, 5) is 0. The topological polar surface area (TPSA) is 0 Å². The largest absolute Gasteiger partial charge is 0.135 e. The molecule has 0 saturated carbocycles. The van der Waals surface area contributed by atoms with Gasteiger partial charge in [0, 0.05) is 51.2 Å². The minimum absolute atomic E-state index is 0.178. The van der Waals surface area contributed by atoms with Gasteiger partial charge < -0.3 is 0 Å². The van der Waals surface area contributed by atoms with Gasteiger partial charge >= 0.3 is 0 Å². The van der Waals surface area contributed by atoms with E-state index in [1.54, 1.807) is 0 Å². The zero-order chi connectivity index (χ0) is 43.8. The van der Waals surface area contributed by atoms with Crippen LogP contribution in [0.4, 0.5) is 0 Å². The summed E-state index contributed by atoms with van der Waals surface area (Å²) < 4.78 is 5.34. The molecular weight excluding hydrogens is 833 g/mol. The molecule has 0 bridgehead atoms. The van der Waals surface area contributed by atoms with Gasteiger partial charge in [-0.05, 0) is 171 Å². The highest BCUT2D eigenvalue weighted by Crippen LogP contribution is 2.57. The third-order valence-electron chi connectivity index (χ3n) is 15.8. The summed E-state index contributed by atoms with van der Waals surface area (Å²) in [5.74, 6) is 0. The molecule has 15 rings (SSSR count). The SMILES string of the molecule is CC1(C)c2ccccc2-c2ccc3c(c(-c4ccc5sc6ccccc6c5c4)cc4cc5c(cc(-c6ccc7sc8ccccc8c7c6)c6c7c(ccc65)-c5ccccc5C7(C)C)cc43)c21. The molecule has 0 nitrogen and oxygen atoms in total. The van der Waals surface area contributed by atoms with Crippen molar-refractivity contribution in [1.29, 1.82) is 0 Å². The Kier molecular flexibility index (Phi) is 7.22. The van der Waals surface area contributed by atoms with Gasteiger partial charge in [-0.1, -0.05) is 149 Å². The molecule has 13 aromatic rings. The predicted molar refractivity (Wildman–Crippen MR) is 288 cm³/mol. The molecule has 0 spiro atoms. The molecule has 2 heteroatoms. The second-order valence-electron chi connectivity index (χ2n) is 19.9. The van der Waals surface area contributed by atoms with E-state index in [-0.39, 0.29) is 10.8 Å². The number of benzene rings is 11. The van der Waals surface area contributed by atoms with E-state index >= 15 is 0 Å². The normalized spacial score (nSPS) is 14.6. The Labute approximate surface area is 391 Å². The van der Waals surface area contributed by atoms with Crippen LogP contribution in [0.25, 0.3) is 128 Å². The lowest BCUT2D eigenvalue weighted by molar-refractivity contribution is 0.666. The number of hydrogen-bond acceptors (Lipinski definition) is 2. The van der Waals surface area contributed by atoms with Crippen LogP contribution in [0.15, 0.2) is 182 Å². The zero-order valence-electron chi connectivity index (χ0n) is 37.1. The van der Waals surface area contributed by atoms with Crippen LogP contribution in [0, 0.1) is 0 Å². The Morgan fingerprint density at radius 1 is 0.288 bits per heavy atom. The van der Waals surface area contributed by atoms with Gasteiger partial charge in [0.1, 0.15) is 0 Å². The maximum absolute atomic E-state index is 2.54. The molecule has 0 aliphatic heterocycles. The number of hydrogen-bond donors (Lipinski definition) is 0. The van der Waals surface area contributed by atoms with E-state index in [0.717, 1.165) is 0 Å². The first-order valence-electron chi connectivity index (χ1n) is 23.2. The van der Waals surface area contributed by atoms with Crippen molar-refractivity contribution in [3.8, 4) is 44.5 Å². The summed E-state index contributed by atoms with van der Waals surface area (Å²) in [7, 11) is 0. The smallest absolute Gasteiger partial charge is 0.0355 e. The molecule has 0 radical (unpaired) electrons. The van der Waals surface area contributed by atoms with Crippen LogP contribution in [-0.4, -0.2) is 0 Å². The average Bonchev–Trinajstić information content (AvgIpc) is 4.05. The highest BCUT2D eigenvalue weighted by atomic mass is 32.1.